The van der Waals surface area contributed by atoms with E-state index in [9.17, 15) is 9.90 Å². The molecular weight excluding hydrogens is 486 g/mol. The first-order chi connectivity index (χ1) is 17.9. The van der Waals surface area contributed by atoms with Crippen molar-refractivity contribution in [2.45, 2.75) is 63.4 Å². The zero-order valence-electron chi connectivity index (χ0n) is 21.9. The first-order valence-electron chi connectivity index (χ1n) is 13.7. The molecule has 0 bridgehead atoms. The second-order valence-electron chi connectivity index (χ2n) is 11.0. The molecule has 2 aromatic carbocycles. The molecule has 3 aliphatic rings. The minimum absolute atomic E-state index is 0.165. The zero-order chi connectivity index (χ0) is 26.0. The number of esters is 1. The van der Waals surface area contributed by atoms with Gasteiger partial charge >= 0.3 is 5.97 Å². The summed E-state index contributed by atoms with van der Waals surface area (Å²) in [6, 6.07) is 11.9. The van der Waals surface area contributed by atoms with E-state index in [4.69, 9.17) is 21.1 Å². The van der Waals surface area contributed by atoms with Crippen LogP contribution in [0.4, 0.5) is 5.69 Å². The van der Waals surface area contributed by atoms with E-state index in [1.54, 1.807) is 6.07 Å². The number of ether oxygens (including phenoxy) is 2. The maximum Gasteiger partial charge on any atom is 0.337 e. The van der Waals surface area contributed by atoms with Gasteiger partial charge < -0.3 is 19.5 Å². The molecule has 0 radical (unpaired) electrons. The number of aryl methyl sites for hydroxylation is 1. The number of carbonyl (C=O) groups is 1. The van der Waals surface area contributed by atoms with Crippen LogP contribution in [0.1, 0.15) is 66.9 Å². The lowest BCUT2D eigenvalue weighted by Crippen LogP contribution is -2.49. The van der Waals surface area contributed by atoms with Crippen LogP contribution >= 0.6 is 11.6 Å². The van der Waals surface area contributed by atoms with E-state index >= 15 is 0 Å². The molecule has 0 saturated heterocycles. The standard InChI is InChI=1S/C31H38ClNO4/c1-3-4-5-8-28(34)25-12-9-23(25)18-33-19-31(15-6-7-21-16-24(32)11-13-26(21)31)20-37-29-14-10-22(17-27(29)33)30(35)36-2/h5,8,10-11,13-14,16-17,23,25,28,34H,3-4,6-7,9,12,15,18-20H2,1-2H3/t23-,25+,28-,31-/m0/s1. The molecule has 1 aliphatic heterocycles. The first kappa shape index (κ1) is 26.1. The van der Waals surface area contributed by atoms with Gasteiger partial charge in [0.15, 0.2) is 0 Å². The smallest absolute Gasteiger partial charge is 0.337 e. The summed E-state index contributed by atoms with van der Waals surface area (Å²) >= 11 is 6.37. The van der Waals surface area contributed by atoms with E-state index in [0.717, 1.165) is 74.5 Å². The van der Waals surface area contributed by atoms with E-state index in [1.165, 1.54) is 18.2 Å². The number of aliphatic hydroxyl groups excluding tert-OH is 1. The largest absolute Gasteiger partial charge is 0.490 e. The van der Waals surface area contributed by atoms with Gasteiger partial charge in [0, 0.05) is 23.5 Å². The third-order valence-corrected chi connectivity index (χ3v) is 8.85. The van der Waals surface area contributed by atoms with Crippen molar-refractivity contribution in [1.82, 2.24) is 0 Å². The third-order valence-electron chi connectivity index (χ3n) is 8.62. The number of nitrogens with zero attached hydrogens (tertiary/aromatic N) is 1. The highest BCUT2D eigenvalue weighted by atomic mass is 35.5. The van der Waals surface area contributed by atoms with Crippen LogP contribution in [0, 0.1) is 11.8 Å². The number of hydrogen-bond donors (Lipinski definition) is 1. The molecule has 1 fully saturated rings. The monoisotopic (exact) mass is 523 g/mol. The maximum absolute atomic E-state index is 12.4. The lowest BCUT2D eigenvalue weighted by atomic mass is 9.68. The zero-order valence-corrected chi connectivity index (χ0v) is 22.7. The van der Waals surface area contributed by atoms with Gasteiger partial charge in [0.1, 0.15) is 5.75 Å². The SMILES string of the molecule is CCCC=C[C@H](O)[C@@H]1CC[C@H]1CN1C[C@@]2(CCCc3cc(Cl)ccc32)COc2ccc(C(=O)OC)cc21. The van der Waals surface area contributed by atoms with Crippen LogP contribution < -0.4 is 9.64 Å². The van der Waals surface area contributed by atoms with Crippen molar-refractivity contribution >= 4 is 23.3 Å². The summed E-state index contributed by atoms with van der Waals surface area (Å²) in [5.41, 5.74) is 3.92. The molecule has 0 aromatic heterocycles. The number of anilines is 1. The Hall–Kier alpha value is -2.50. The molecule has 5 rings (SSSR count). The van der Waals surface area contributed by atoms with Crippen LogP contribution in [0.2, 0.25) is 5.02 Å². The molecule has 198 valence electrons. The average molecular weight is 524 g/mol. The van der Waals surface area contributed by atoms with E-state index < -0.39 is 6.10 Å². The van der Waals surface area contributed by atoms with Crippen molar-refractivity contribution in [3.8, 4) is 5.75 Å². The molecule has 2 aromatic rings. The fourth-order valence-electron chi connectivity index (χ4n) is 6.46. The normalized spacial score (nSPS) is 25.6. The summed E-state index contributed by atoms with van der Waals surface area (Å²) in [5.74, 6) is 1.07. The predicted octanol–water partition coefficient (Wildman–Crippen LogP) is 6.34. The molecule has 6 heteroatoms. The number of unbranched alkanes of at least 4 members (excludes halogenated alkanes) is 1. The molecule has 0 unspecified atom stereocenters. The topological polar surface area (TPSA) is 59.0 Å². The van der Waals surface area contributed by atoms with Gasteiger partial charge in [-0.05, 0) is 91.8 Å². The Kier molecular flexibility index (Phi) is 7.83. The second-order valence-corrected chi connectivity index (χ2v) is 11.4. The summed E-state index contributed by atoms with van der Waals surface area (Å²) in [7, 11) is 1.41. The minimum atomic E-state index is -0.416. The predicted molar refractivity (Wildman–Crippen MR) is 148 cm³/mol. The van der Waals surface area contributed by atoms with E-state index in [2.05, 4.69) is 30.0 Å². The van der Waals surface area contributed by atoms with Crippen molar-refractivity contribution in [3.05, 3.63) is 70.3 Å². The number of methoxy groups -OCH3 is 1. The van der Waals surface area contributed by atoms with Gasteiger partial charge in [-0.2, -0.15) is 0 Å². The summed E-state index contributed by atoms with van der Waals surface area (Å²) in [5, 5.41) is 11.7. The molecule has 4 atom stereocenters. The number of benzene rings is 2. The summed E-state index contributed by atoms with van der Waals surface area (Å²) < 4.78 is 11.5. The fraction of sp³-hybridized carbons (Fsp3) is 0.516. The van der Waals surface area contributed by atoms with Gasteiger partial charge in [0.05, 0.1) is 31.1 Å². The average Bonchev–Trinajstić information content (AvgIpc) is 3.03. The Labute approximate surface area is 225 Å². The maximum atomic E-state index is 12.4. The lowest BCUT2D eigenvalue weighted by Gasteiger charge is -2.45. The van der Waals surface area contributed by atoms with Crippen molar-refractivity contribution in [2.24, 2.45) is 11.8 Å². The van der Waals surface area contributed by atoms with Gasteiger partial charge in [-0.15, -0.1) is 0 Å². The number of allylic oxidation sites excluding steroid dienone is 1. The summed E-state index contributed by atoms with van der Waals surface area (Å²) in [6.45, 7) is 4.34. The third kappa shape index (κ3) is 5.26. The highest BCUT2D eigenvalue weighted by molar-refractivity contribution is 6.30. The quantitative estimate of drug-likeness (QED) is 0.339. The van der Waals surface area contributed by atoms with Crippen molar-refractivity contribution in [3.63, 3.8) is 0 Å². The Balaban J connectivity index is 1.49. The molecule has 1 spiro atoms. The van der Waals surface area contributed by atoms with Crippen molar-refractivity contribution in [2.75, 3.05) is 31.7 Å². The number of rotatable bonds is 7. The minimum Gasteiger partial charge on any atom is -0.490 e. The van der Waals surface area contributed by atoms with E-state index in [1.807, 2.05) is 24.3 Å². The first-order valence-corrected chi connectivity index (χ1v) is 14.1. The van der Waals surface area contributed by atoms with Crippen LogP contribution in [-0.2, 0) is 16.6 Å². The Morgan fingerprint density at radius 1 is 1.30 bits per heavy atom. The van der Waals surface area contributed by atoms with Gasteiger partial charge in [-0.3, -0.25) is 0 Å². The highest BCUT2D eigenvalue weighted by Crippen LogP contribution is 2.46. The molecule has 5 nitrogen and oxygen atoms in total. The van der Waals surface area contributed by atoms with E-state index in [-0.39, 0.29) is 17.3 Å². The van der Waals surface area contributed by atoms with E-state index in [0.29, 0.717) is 18.1 Å². The Morgan fingerprint density at radius 3 is 2.92 bits per heavy atom. The molecule has 1 N–H and O–H groups in total. The molecule has 1 heterocycles. The van der Waals surface area contributed by atoms with Crippen LogP contribution in [0.3, 0.4) is 0 Å². The number of aliphatic hydroxyl groups is 1. The second kappa shape index (κ2) is 11.1. The van der Waals surface area contributed by atoms with Crippen LogP contribution in [-0.4, -0.2) is 44.0 Å². The number of hydrogen-bond acceptors (Lipinski definition) is 5. The van der Waals surface area contributed by atoms with Crippen molar-refractivity contribution in [1.29, 1.82) is 0 Å². The Morgan fingerprint density at radius 2 is 2.16 bits per heavy atom. The molecule has 37 heavy (non-hydrogen) atoms. The number of halogens is 1. The van der Waals surface area contributed by atoms with Gasteiger partial charge in [-0.25, -0.2) is 4.79 Å². The van der Waals surface area contributed by atoms with Crippen LogP contribution in [0.25, 0.3) is 0 Å². The van der Waals surface area contributed by atoms with Gasteiger partial charge in [0.25, 0.3) is 0 Å². The number of fused-ring (bicyclic) bond motifs is 3. The number of carbonyl (C=O) groups excluding carboxylic acids is 1. The molecular formula is C31H38ClNO4. The fourth-order valence-corrected chi connectivity index (χ4v) is 6.65. The van der Waals surface area contributed by atoms with Crippen molar-refractivity contribution < 1.29 is 19.4 Å². The summed E-state index contributed by atoms with van der Waals surface area (Å²) in [4.78, 5) is 14.8. The van der Waals surface area contributed by atoms with Gasteiger partial charge in [-0.1, -0.05) is 43.2 Å². The van der Waals surface area contributed by atoms with Crippen LogP contribution in [0.5, 0.6) is 5.75 Å². The molecule has 2 aliphatic carbocycles. The Bertz CT molecular complexity index is 1160. The molecule has 1 saturated carbocycles. The van der Waals surface area contributed by atoms with Crippen LogP contribution in [0.15, 0.2) is 48.6 Å². The summed E-state index contributed by atoms with van der Waals surface area (Å²) in [6.07, 6.45) is 11.0. The van der Waals surface area contributed by atoms with Gasteiger partial charge in [0.2, 0.25) is 0 Å². The molecule has 0 amide bonds. The lowest BCUT2D eigenvalue weighted by molar-refractivity contribution is 0.0456. The highest BCUT2D eigenvalue weighted by Gasteiger charge is 2.44.